The lowest BCUT2D eigenvalue weighted by Gasteiger charge is -2.36. The minimum atomic E-state index is 0.468. The molecule has 1 aliphatic rings. The van der Waals surface area contributed by atoms with Gasteiger partial charge in [-0.15, -0.1) is 11.3 Å². The number of nitrogens with zero attached hydrogens (tertiary/aromatic N) is 2. The highest BCUT2D eigenvalue weighted by Crippen LogP contribution is 2.27. The van der Waals surface area contributed by atoms with Crippen molar-refractivity contribution in [3.05, 3.63) is 16.1 Å². The lowest BCUT2D eigenvalue weighted by Crippen LogP contribution is -2.46. The van der Waals surface area contributed by atoms with Crippen LogP contribution >= 0.6 is 11.3 Å². The van der Waals surface area contributed by atoms with Gasteiger partial charge in [-0.05, 0) is 46.2 Å². The predicted octanol–water partition coefficient (Wildman–Crippen LogP) is 2.98. The Morgan fingerprint density at radius 1 is 1.61 bits per heavy atom. The average Bonchev–Trinajstić information content (AvgIpc) is 2.82. The molecule has 1 aliphatic heterocycles. The van der Waals surface area contributed by atoms with Crippen LogP contribution in [0.5, 0.6) is 0 Å². The molecule has 2 atom stereocenters. The summed E-state index contributed by atoms with van der Waals surface area (Å²) < 4.78 is 0. The van der Waals surface area contributed by atoms with Crippen LogP contribution in [-0.2, 0) is 0 Å². The van der Waals surface area contributed by atoms with Crippen molar-refractivity contribution >= 4 is 11.3 Å². The smallest absolute Gasteiger partial charge is 0.110 e. The number of piperidine rings is 1. The van der Waals surface area contributed by atoms with E-state index in [0.717, 1.165) is 6.54 Å². The molecule has 0 bridgehead atoms. The number of likely N-dealkylation sites (tertiary alicyclic amines) is 1. The quantitative estimate of drug-likeness (QED) is 0.889. The van der Waals surface area contributed by atoms with Crippen LogP contribution in [-0.4, -0.2) is 35.6 Å². The highest BCUT2D eigenvalue weighted by atomic mass is 32.1. The molecule has 1 aromatic heterocycles. The molecule has 3 nitrogen and oxygen atoms in total. The highest BCUT2D eigenvalue weighted by molar-refractivity contribution is 7.11. The van der Waals surface area contributed by atoms with E-state index < -0.39 is 0 Å². The summed E-state index contributed by atoms with van der Waals surface area (Å²) >= 11 is 1.84. The first-order valence-electron chi connectivity index (χ1n) is 7.10. The van der Waals surface area contributed by atoms with Crippen LogP contribution in [0.15, 0.2) is 6.20 Å². The number of thiazole rings is 1. The Labute approximate surface area is 115 Å². The molecule has 0 amide bonds. The number of aromatic nitrogens is 1. The second kappa shape index (κ2) is 6.64. The maximum absolute atomic E-state index is 4.53. The number of hydrogen-bond acceptors (Lipinski definition) is 4. The fraction of sp³-hybridized carbons (Fsp3) is 0.786. The van der Waals surface area contributed by atoms with Crippen molar-refractivity contribution in [2.75, 3.05) is 19.6 Å². The van der Waals surface area contributed by atoms with Crippen LogP contribution in [0.25, 0.3) is 0 Å². The molecule has 0 aliphatic carbocycles. The van der Waals surface area contributed by atoms with Crippen molar-refractivity contribution in [2.45, 2.75) is 52.1 Å². The first-order chi connectivity index (χ1) is 8.70. The van der Waals surface area contributed by atoms with Crippen molar-refractivity contribution in [3.63, 3.8) is 0 Å². The molecule has 1 aromatic rings. The normalized spacial score (nSPS) is 23.2. The topological polar surface area (TPSA) is 28.2 Å². The van der Waals surface area contributed by atoms with E-state index in [-0.39, 0.29) is 0 Å². The summed E-state index contributed by atoms with van der Waals surface area (Å²) in [6.07, 6.45) is 5.83. The molecule has 1 fully saturated rings. The van der Waals surface area contributed by atoms with Crippen molar-refractivity contribution in [1.29, 1.82) is 0 Å². The Kier molecular flexibility index (Phi) is 5.15. The Morgan fingerprint density at radius 3 is 3.11 bits per heavy atom. The molecule has 0 saturated carbocycles. The van der Waals surface area contributed by atoms with Gasteiger partial charge in [0, 0.05) is 23.7 Å². The monoisotopic (exact) mass is 267 g/mol. The van der Waals surface area contributed by atoms with Gasteiger partial charge < -0.3 is 5.32 Å². The molecule has 1 saturated heterocycles. The van der Waals surface area contributed by atoms with E-state index in [2.05, 4.69) is 36.0 Å². The van der Waals surface area contributed by atoms with Crippen molar-refractivity contribution in [2.24, 2.45) is 0 Å². The average molecular weight is 267 g/mol. The zero-order valence-corrected chi connectivity index (χ0v) is 12.6. The first-order valence-corrected chi connectivity index (χ1v) is 7.92. The Hall–Kier alpha value is -0.450. The zero-order chi connectivity index (χ0) is 13.0. The summed E-state index contributed by atoms with van der Waals surface area (Å²) in [5.74, 6) is 0. The van der Waals surface area contributed by atoms with Gasteiger partial charge in [0.1, 0.15) is 5.01 Å². The first kappa shape index (κ1) is 14.0. The van der Waals surface area contributed by atoms with Crippen molar-refractivity contribution in [3.8, 4) is 0 Å². The summed E-state index contributed by atoms with van der Waals surface area (Å²) in [7, 11) is 0. The molecule has 0 spiro atoms. The van der Waals surface area contributed by atoms with E-state index in [1.165, 1.54) is 42.2 Å². The second-order valence-electron chi connectivity index (χ2n) is 5.27. The van der Waals surface area contributed by atoms with Crippen molar-refractivity contribution < 1.29 is 0 Å². The lowest BCUT2D eigenvalue weighted by atomic mass is 10.0. The number of nitrogens with one attached hydrogen (secondary N) is 1. The number of rotatable bonds is 5. The van der Waals surface area contributed by atoms with E-state index in [0.29, 0.717) is 12.1 Å². The van der Waals surface area contributed by atoms with E-state index in [9.17, 15) is 0 Å². The Balaban J connectivity index is 1.91. The third kappa shape index (κ3) is 3.53. The van der Waals surface area contributed by atoms with Crippen LogP contribution in [0.3, 0.4) is 0 Å². The molecule has 2 unspecified atom stereocenters. The van der Waals surface area contributed by atoms with Gasteiger partial charge in [0.05, 0.1) is 6.04 Å². The summed E-state index contributed by atoms with van der Waals surface area (Å²) in [5, 5.41) is 4.92. The molecule has 18 heavy (non-hydrogen) atoms. The minimum Gasteiger partial charge on any atom is -0.313 e. The van der Waals surface area contributed by atoms with Gasteiger partial charge in [0.25, 0.3) is 0 Å². The number of hydrogen-bond donors (Lipinski definition) is 1. The standard InChI is InChI=1S/C14H25N3S/c1-4-7-15-13-6-5-8-17(10-13)12(3)14-16-9-11(2)18-14/h9,12-13,15H,4-8,10H2,1-3H3. The van der Waals surface area contributed by atoms with E-state index in [1.807, 2.05) is 17.5 Å². The molecular weight excluding hydrogens is 242 g/mol. The van der Waals surface area contributed by atoms with Gasteiger partial charge in [0.15, 0.2) is 0 Å². The van der Waals surface area contributed by atoms with Crippen LogP contribution in [0.4, 0.5) is 0 Å². The molecule has 0 radical (unpaired) electrons. The van der Waals surface area contributed by atoms with E-state index >= 15 is 0 Å². The molecule has 2 rings (SSSR count). The van der Waals surface area contributed by atoms with Crippen LogP contribution < -0.4 is 5.32 Å². The molecule has 102 valence electrons. The molecule has 4 heteroatoms. The largest absolute Gasteiger partial charge is 0.313 e. The maximum Gasteiger partial charge on any atom is 0.110 e. The summed E-state index contributed by atoms with van der Waals surface area (Å²) in [4.78, 5) is 8.43. The maximum atomic E-state index is 4.53. The van der Waals surface area contributed by atoms with E-state index in [4.69, 9.17) is 0 Å². The summed E-state index contributed by atoms with van der Waals surface area (Å²) in [5.41, 5.74) is 0. The Bertz CT molecular complexity index is 364. The predicted molar refractivity (Wildman–Crippen MR) is 78.2 cm³/mol. The van der Waals surface area contributed by atoms with E-state index in [1.54, 1.807) is 0 Å². The molecule has 0 aromatic carbocycles. The van der Waals surface area contributed by atoms with Gasteiger partial charge >= 0.3 is 0 Å². The van der Waals surface area contributed by atoms with Gasteiger partial charge in [-0.2, -0.15) is 0 Å². The Morgan fingerprint density at radius 2 is 2.44 bits per heavy atom. The minimum absolute atomic E-state index is 0.468. The second-order valence-corrected chi connectivity index (χ2v) is 6.54. The van der Waals surface area contributed by atoms with Gasteiger partial charge in [0.2, 0.25) is 0 Å². The van der Waals surface area contributed by atoms with Crippen LogP contribution in [0.2, 0.25) is 0 Å². The summed E-state index contributed by atoms with van der Waals surface area (Å²) in [6, 6.07) is 1.14. The van der Waals surface area contributed by atoms with Gasteiger partial charge in [-0.1, -0.05) is 6.92 Å². The zero-order valence-electron chi connectivity index (χ0n) is 11.8. The van der Waals surface area contributed by atoms with Crippen LogP contribution in [0.1, 0.15) is 49.0 Å². The fourth-order valence-electron chi connectivity index (χ4n) is 2.59. The van der Waals surface area contributed by atoms with Gasteiger partial charge in [-0.25, -0.2) is 4.98 Å². The van der Waals surface area contributed by atoms with Crippen molar-refractivity contribution in [1.82, 2.24) is 15.2 Å². The molecular formula is C14H25N3S. The fourth-order valence-corrected chi connectivity index (χ4v) is 3.46. The summed E-state index contributed by atoms with van der Waals surface area (Å²) in [6.45, 7) is 10.2. The lowest BCUT2D eigenvalue weighted by molar-refractivity contribution is 0.146. The van der Waals surface area contributed by atoms with Gasteiger partial charge in [-0.3, -0.25) is 4.90 Å². The third-order valence-electron chi connectivity index (χ3n) is 3.68. The highest BCUT2D eigenvalue weighted by Gasteiger charge is 2.25. The van der Waals surface area contributed by atoms with Crippen LogP contribution in [0, 0.1) is 6.92 Å². The number of aryl methyl sites for hydroxylation is 1. The molecule has 2 heterocycles. The molecule has 1 N–H and O–H groups in total. The SMILES string of the molecule is CCCNC1CCCN(C(C)c2ncc(C)s2)C1. The third-order valence-corrected chi connectivity index (χ3v) is 4.76.